The first-order valence-electron chi connectivity index (χ1n) is 5.58. The SMILES string of the molecule is [CH3][Sn]([CH3])([CH3])[CH2]CC1CCCCC1. The van der Waals surface area contributed by atoms with Crippen LogP contribution in [0.1, 0.15) is 38.5 Å². The Morgan fingerprint density at radius 1 is 1.00 bits per heavy atom. The van der Waals surface area contributed by atoms with Crippen LogP contribution >= 0.6 is 0 Å². The second-order valence-corrected chi connectivity index (χ2v) is 21.6. The van der Waals surface area contributed by atoms with E-state index < -0.39 is 18.4 Å². The van der Waals surface area contributed by atoms with Crippen LogP contribution in [0.15, 0.2) is 0 Å². The van der Waals surface area contributed by atoms with Crippen LogP contribution < -0.4 is 0 Å². The van der Waals surface area contributed by atoms with Crippen molar-refractivity contribution in [3.63, 3.8) is 0 Å². The molecule has 0 radical (unpaired) electrons. The predicted molar refractivity (Wildman–Crippen MR) is 59.3 cm³/mol. The molecule has 1 saturated carbocycles. The van der Waals surface area contributed by atoms with E-state index in [1.807, 2.05) is 0 Å². The molecule has 0 spiro atoms. The molecule has 0 amide bonds. The molecule has 1 aliphatic carbocycles. The first-order chi connectivity index (χ1) is 5.58. The zero-order valence-corrected chi connectivity index (χ0v) is 11.9. The first kappa shape index (κ1) is 10.9. The van der Waals surface area contributed by atoms with E-state index in [-0.39, 0.29) is 0 Å². The Labute approximate surface area is 82.0 Å². The molecular formula is C11H24Sn. The molecule has 1 fully saturated rings. The van der Waals surface area contributed by atoms with Crippen molar-refractivity contribution in [2.45, 2.75) is 57.8 Å². The molecule has 0 aromatic carbocycles. The van der Waals surface area contributed by atoms with Crippen LogP contribution in [0.2, 0.25) is 19.3 Å². The van der Waals surface area contributed by atoms with Gasteiger partial charge in [-0.1, -0.05) is 0 Å². The van der Waals surface area contributed by atoms with Gasteiger partial charge in [-0.25, -0.2) is 0 Å². The maximum atomic E-state index is 2.57. The van der Waals surface area contributed by atoms with E-state index in [0.29, 0.717) is 0 Å². The van der Waals surface area contributed by atoms with Gasteiger partial charge in [0.1, 0.15) is 0 Å². The predicted octanol–water partition coefficient (Wildman–Crippen LogP) is 4.30. The van der Waals surface area contributed by atoms with Crippen LogP contribution in [0.4, 0.5) is 0 Å². The van der Waals surface area contributed by atoms with Gasteiger partial charge in [0.25, 0.3) is 0 Å². The minimum atomic E-state index is -1.40. The molecule has 72 valence electrons. The van der Waals surface area contributed by atoms with E-state index in [1.54, 1.807) is 23.7 Å². The molecule has 0 aliphatic heterocycles. The average molecular weight is 275 g/mol. The standard InChI is InChI=1S/C8H15.3CH3.Sn/c1-2-8-6-4-3-5-7-8;;;;/h8H,1-7H2;3*1H3;. The zero-order valence-electron chi connectivity index (χ0n) is 9.03. The topological polar surface area (TPSA) is 0 Å². The summed E-state index contributed by atoms with van der Waals surface area (Å²) in [5.74, 6) is 1.12. The molecule has 1 aliphatic rings. The Balaban J connectivity index is 2.13. The van der Waals surface area contributed by atoms with E-state index in [1.165, 1.54) is 19.3 Å². The molecule has 0 unspecified atom stereocenters. The molecular weight excluding hydrogens is 251 g/mol. The van der Waals surface area contributed by atoms with Gasteiger partial charge in [-0.15, -0.1) is 0 Å². The fourth-order valence-electron chi connectivity index (χ4n) is 2.11. The third-order valence-electron chi connectivity index (χ3n) is 3.03. The van der Waals surface area contributed by atoms with Crippen LogP contribution in [0.3, 0.4) is 0 Å². The van der Waals surface area contributed by atoms with E-state index in [0.717, 1.165) is 5.92 Å². The van der Waals surface area contributed by atoms with E-state index in [2.05, 4.69) is 14.8 Å². The third-order valence-corrected chi connectivity index (χ3v) is 8.13. The van der Waals surface area contributed by atoms with Gasteiger partial charge in [0.05, 0.1) is 0 Å². The van der Waals surface area contributed by atoms with E-state index in [9.17, 15) is 0 Å². The van der Waals surface area contributed by atoms with Crippen molar-refractivity contribution in [2.24, 2.45) is 5.92 Å². The summed E-state index contributed by atoms with van der Waals surface area (Å²) < 4.78 is 1.62. The molecule has 0 heterocycles. The van der Waals surface area contributed by atoms with Gasteiger partial charge in [-0.2, -0.15) is 0 Å². The summed E-state index contributed by atoms with van der Waals surface area (Å²) in [5.41, 5.74) is 0. The van der Waals surface area contributed by atoms with Crippen molar-refractivity contribution in [1.82, 2.24) is 0 Å². The van der Waals surface area contributed by atoms with Crippen LogP contribution in [-0.4, -0.2) is 18.4 Å². The van der Waals surface area contributed by atoms with Crippen molar-refractivity contribution in [1.29, 1.82) is 0 Å². The van der Waals surface area contributed by atoms with Crippen molar-refractivity contribution in [2.75, 3.05) is 0 Å². The van der Waals surface area contributed by atoms with E-state index >= 15 is 0 Å². The van der Waals surface area contributed by atoms with Gasteiger partial charge in [0.2, 0.25) is 0 Å². The summed E-state index contributed by atoms with van der Waals surface area (Å²) in [6.45, 7) is 0. The van der Waals surface area contributed by atoms with Gasteiger partial charge < -0.3 is 0 Å². The molecule has 0 nitrogen and oxygen atoms in total. The molecule has 12 heavy (non-hydrogen) atoms. The Bertz CT molecular complexity index is 117. The summed E-state index contributed by atoms with van der Waals surface area (Å²) >= 11 is -1.40. The average Bonchev–Trinajstić information content (AvgIpc) is 2.02. The monoisotopic (exact) mass is 276 g/mol. The summed E-state index contributed by atoms with van der Waals surface area (Å²) in [6, 6.07) is 0. The minimum absolute atomic E-state index is 1.12. The van der Waals surface area contributed by atoms with Crippen LogP contribution in [0.25, 0.3) is 0 Å². The molecule has 1 heteroatoms. The third kappa shape index (κ3) is 4.73. The molecule has 1 rings (SSSR count). The quantitative estimate of drug-likeness (QED) is 0.674. The Kier molecular flexibility index (Phi) is 4.42. The van der Waals surface area contributed by atoms with Crippen molar-refractivity contribution >= 4 is 18.4 Å². The van der Waals surface area contributed by atoms with Crippen LogP contribution in [0, 0.1) is 5.92 Å². The number of hydrogen-bond donors (Lipinski definition) is 0. The fraction of sp³-hybridized carbons (Fsp3) is 1.00. The summed E-state index contributed by atoms with van der Waals surface area (Å²) in [7, 11) is 0. The van der Waals surface area contributed by atoms with Gasteiger partial charge in [0, 0.05) is 0 Å². The van der Waals surface area contributed by atoms with Crippen LogP contribution in [0.5, 0.6) is 0 Å². The number of rotatable bonds is 3. The molecule has 0 N–H and O–H groups in total. The van der Waals surface area contributed by atoms with Crippen LogP contribution in [-0.2, 0) is 0 Å². The van der Waals surface area contributed by atoms with Gasteiger partial charge >= 0.3 is 82.1 Å². The Morgan fingerprint density at radius 3 is 2.08 bits per heavy atom. The Morgan fingerprint density at radius 2 is 1.58 bits per heavy atom. The van der Waals surface area contributed by atoms with Gasteiger partial charge in [-0.3, -0.25) is 0 Å². The normalized spacial score (nSPS) is 21.2. The molecule has 0 aromatic rings. The zero-order chi connectivity index (χ0) is 9.03. The van der Waals surface area contributed by atoms with E-state index in [4.69, 9.17) is 0 Å². The summed E-state index contributed by atoms with van der Waals surface area (Å²) in [4.78, 5) is 7.70. The first-order valence-corrected chi connectivity index (χ1v) is 16.2. The molecule has 0 bridgehead atoms. The Hall–Kier alpha value is 0.799. The molecule has 0 atom stereocenters. The molecule has 0 saturated heterocycles. The van der Waals surface area contributed by atoms with Crippen molar-refractivity contribution < 1.29 is 0 Å². The van der Waals surface area contributed by atoms with Gasteiger partial charge in [-0.05, 0) is 0 Å². The second kappa shape index (κ2) is 4.88. The maximum absolute atomic E-state index is 2.57. The summed E-state index contributed by atoms with van der Waals surface area (Å²) in [5, 5.41) is 0. The van der Waals surface area contributed by atoms with Crippen molar-refractivity contribution in [3.05, 3.63) is 0 Å². The fourth-order valence-corrected chi connectivity index (χ4v) is 5.75. The van der Waals surface area contributed by atoms with Crippen molar-refractivity contribution in [3.8, 4) is 0 Å². The number of hydrogen-bond acceptors (Lipinski definition) is 0. The second-order valence-electron chi connectivity index (χ2n) is 5.60. The molecule has 0 aromatic heterocycles. The van der Waals surface area contributed by atoms with Gasteiger partial charge in [0.15, 0.2) is 0 Å². The summed E-state index contributed by atoms with van der Waals surface area (Å²) in [6.07, 6.45) is 9.20.